The zero-order chi connectivity index (χ0) is 9.76. The summed E-state index contributed by atoms with van der Waals surface area (Å²) in [6, 6.07) is 0. The number of aliphatic hydroxyl groups excluding tert-OH is 2. The molecular weight excluding hydrogens is 176 g/mol. The highest BCUT2D eigenvalue weighted by Gasteiger charge is 2.55. The second-order valence-electron chi connectivity index (χ2n) is 5.26. The Morgan fingerprint density at radius 3 is 2.86 bits per heavy atom. The summed E-state index contributed by atoms with van der Waals surface area (Å²) >= 11 is 0. The lowest BCUT2D eigenvalue weighted by Gasteiger charge is -2.30. The van der Waals surface area contributed by atoms with Crippen LogP contribution in [0, 0.1) is 17.3 Å². The fraction of sp³-hybridized carbons (Fsp3) is 0.833. The van der Waals surface area contributed by atoms with Crippen molar-refractivity contribution < 1.29 is 10.2 Å². The van der Waals surface area contributed by atoms with Crippen LogP contribution in [0.2, 0.25) is 0 Å². The van der Waals surface area contributed by atoms with Gasteiger partial charge >= 0.3 is 0 Å². The Balaban J connectivity index is 2.06. The summed E-state index contributed by atoms with van der Waals surface area (Å²) in [5.74, 6) is 1.54. The Morgan fingerprint density at radius 2 is 2.14 bits per heavy atom. The number of fused-ring (bicyclic) bond motifs is 5. The lowest BCUT2D eigenvalue weighted by atomic mass is 9.76. The molecule has 2 nitrogen and oxygen atoms in total. The summed E-state index contributed by atoms with van der Waals surface area (Å²) in [6.07, 6.45) is 5.95. The van der Waals surface area contributed by atoms with Gasteiger partial charge in [-0.05, 0) is 49.5 Å². The maximum absolute atomic E-state index is 9.59. The van der Waals surface area contributed by atoms with Crippen molar-refractivity contribution in [2.45, 2.75) is 32.1 Å². The Bertz CT molecular complexity index is 295. The highest BCUT2D eigenvalue weighted by Crippen LogP contribution is 2.64. The van der Waals surface area contributed by atoms with Crippen LogP contribution >= 0.6 is 0 Å². The quantitative estimate of drug-likeness (QED) is 0.654. The van der Waals surface area contributed by atoms with Gasteiger partial charge in [-0.25, -0.2) is 0 Å². The smallest absolute Gasteiger partial charge is 0.0644 e. The molecule has 3 aliphatic carbocycles. The van der Waals surface area contributed by atoms with Gasteiger partial charge < -0.3 is 10.2 Å². The third-order valence-electron chi connectivity index (χ3n) is 4.79. The van der Waals surface area contributed by atoms with Gasteiger partial charge in [0.15, 0.2) is 0 Å². The Labute approximate surface area is 84.6 Å². The van der Waals surface area contributed by atoms with Crippen molar-refractivity contribution in [3.8, 4) is 0 Å². The Morgan fingerprint density at radius 1 is 1.29 bits per heavy atom. The zero-order valence-electron chi connectivity index (χ0n) is 8.50. The molecule has 0 saturated heterocycles. The fourth-order valence-corrected chi connectivity index (χ4v) is 4.26. The van der Waals surface area contributed by atoms with E-state index in [2.05, 4.69) is 0 Å². The van der Waals surface area contributed by atoms with Gasteiger partial charge in [0.05, 0.1) is 13.2 Å². The number of rotatable bonds is 2. The first-order chi connectivity index (χ1) is 6.80. The molecule has 78 valence electrons. The molecule has 3 unspecified atom stereocenters. The first-order valence-corrected chi connectivity index (χ1v) is 5.75. The molecular formula is C12H18O2. The molecule has 0 radical (unpaired) electrons. The van der Waals surface area contributed by atoms with Gasteiger partial charge in [0.2, 0.25) is 0 Å². The topological polar surface area (TPSA) is 40.5 Å². The minimum atomic E-state index is 0.101. The maximum atomic E-state index is 9.59. The van der Waals surface area contributed by atoms with Gasteiger partial charge in [-0.15, -0.1) is 0 Å². The summed E-state index contributed by atoms with van der Waals surface area (Å²) in [5, 5.41) is 18.9. The van der Waals surface area contributed by atoms with Crippen LogP contribution in [0.4, 0.5) is 0 Å². The molecule has 0 aromatic carbocycles. The minimum Gasteiger partial charge on any atom is -0.395 e. The predicted molar refractivity (Wildman–Crippen MR) is 53.7 cm³/mol. The second kappa shape index (κ2) is 2.83. The van der Waals surface area contributed by atoms with Crippen LogP contribution in [0.25, 0.3) is 0 Å². The maximum Gasteiger partial charge on any atom is 0.0644 e. The van der Waals surface area contributed by atoms with Crippen LogP contribution < -0.4 is 0 Å². The molecule has 2 saturated carbocycles. The van der Waals surface area contributed by atoms with Crippen LogP contribution in [0.5, 0.6) is 0 Å². The van der Waals surface area contributed by atoms with E-state index in [9.17, 15) is 10.2 Å². The second-order valence-corrected chi connectivity index (χ2v) is 5.26. The molecule has 2 heteroatoms. The molecule has 3 aliphatic rings. The van der Waals surface area contributed by atoms with Crippen molar-refractivity contribution in [1.82, 2.24) is 0 Å². The summed E-state index contributed by atoms with van der Waals surface area (Å²) in [7, 11) is 0. The van der Waals surface area contributed by atoms with E-state index in [0.717, 1.165) is 24.7 Å². The lowest BCUT2D eigenvalue weighted by Crippen LogP contribution is -2.25. The van der Waals surface area contributed by atoms with Gasteiger partial charge in [-0.3, -0.25) is 0 Å². The molecule has 0 aromatic heterocycles. The van der Waals surface area contributed by atoms with Crippen molar-refractivity contribution in [3.05, 3.63) is 11.1 Å². The third kappa shape index (κ3) is 0.887. The van der Waals surface area contributed by atoms with Crippen molar-refractivity contribution in [2.75, 3.05) is 13.2 Å². The highest BCUT2D eigenvalue weighted by atomic mass is 16.3. The minimum absolute atomic E-state index is 0.101. The average molecular weight is 194 g/mol. The summed E-state index contributed by atoms with van der Waals surface area (Å²) in [4.78, 5) is 0. The lowest BCUT2D eigenvalue weighted by molar-refractivity contribution is 0.165. The van der Waals surface area contributed by atoms with Crippen molar-refractivity contribution >= 4 is 0 Å². The first-order valence-electron chi connectivity index (χ1n) is 5.75. The first kappa shape index (κ1) is 8.93. The predicted octanol–water partition coefficient (Wildman–Crippen LogP) is 1.48. The van der Waals surface area contributed by atoms with Crippen LogP contribution in [-0.4, -0.2) is 23.4 Å². The van der Waals surface area contributed by atoms with Crippen LogP contribution in [0.15, 0.2) is 11.1 Å². The molecule has 3 atom stereocenters. The average Bonchev–Trinajstić information content (AvgIpc) is 2.88. The van der Waals surface area contributed by atoms with Gasteiger partial charge in [-0.1, -0.05) is 5.57 Å². The van der Waals surface area contributed by atoms with Crippen molar-refractivity contribution in [1.29, 1.82) is 0 Å². The summed E-state index contributed by atoms with van der Waals surface area (Å²) in [6.45, 7) is 0.527. The van der Waals surface area contributed by atoms with Crippen molar-refractivity contribution in [2.24, 2.45) is 17.3 Å². The van der Waals surface area contributed by atoms with E-state index in [1.807, 2.05) is 0 Å². The van der Waals surface area contributed by atoms with E-state index < -0.39 is 0 Å². The SMILES string of the molecule is OCC1=C2C(CC1)C1CCC2(CO)C1. The molecule has 0 aromatic rings. The largest absolute Gasteiger partial charge is 0.395 e. The zero-order valence-corrected chi connectivity index (χ0v) is 8.50. The molecule has 0 spiro atoms. The standard InChI is InChI=1S/C12H18O2/c13-6-9-1-2-10-8-3-4-12(5-8,7-14)11(9)10/h8,10,13-14H,1-7H2. The van der Waals surface area contributed by atoms with Crippen LogP contribution in [0.3, 0.4) is 0 Å². The van der Waals surface area contributed by atoms with Gasteiger partial charge in [0.25, 0.3) is 0 Å². The van der Waals surface area contributed by atoms with E-state index in [1.165, 1.54) is 30.4 Å². The van der Waals surface area contributed by atoms with E-state index in [1.54, 1.807) is 0 Å². The molecule has 0 aliphatic heterocycles. The normalized spacial score (nSPS) is 45.0. The van der Waals surface area contributed by atoms with Crippen LogP contribution in [0.1, 0.15) is 32.1 Å². The van der Waals surface area contributed by atoms with E-state index in [-0.39, 0.29) is 12.0 Å². The summed E-state index contributed by atoms with van der Waals surface area (Å²) in [5.41, 5.74) is 2.83. The van der Waals surface area contributed by atoms with Crippen molar-refractivity contribution in [3.63, 3.8) is 0 Å². The van der Waals surface area contributed by atoms with Gasteiger partial charge in [-0.2, -0.15) is 0 Å². The molecule has 0 heterocycles. The summed E-state index contributed by atoms with van der Waals surface area (Å²) < 4.78 is 0. The molecule has 2 N–H and O–H groups in total. The van der Waals surface area contributed by atoms with E-state index in [4.69, 9.17) is 0 Å². The van der Waals surface area contributed by atoms with Crippen LogP contribution in [-0.2, 0) is 0 Å². The molecule has 14 heavy (non-hydrogen) atoms. The van der Waals surface area contributed by atoms with E-state index in [0.29, 0.717) is 6.61 Å². The van der Waals surface area contributed by atoms with Gasteiger partial charge in [0.1, 0.15) is 0 Å². The molecule has 2 bridgehead atoms. The monoisotopic (exact) mass is 194 g/mol. The third-order valence-corrected chi connectivity index (χ3v) is 4.79. The molecule has 0 amide bonds. The molecule has 2 fully saturated rings. The Kier molecular flexibility index (Phi) is 1.80. The molecule has 3 rings (SSSR count). The fourth-order valence-electron chi connectivity index (χ4n) is 4.26. The van der Waals surface area contributed by atoms with Gasteiger partial charge in [0, 0.05) is 5.41 Å². The Hall–Kier alpha value is -0.340. The number of aliphatic hydroxyl groups is 2. The number of hydrogen-bond acceptors (Lipinski definition) is 2. The van der Waals surface area contributed by atoms with E-state index >= 15 is 0 Å². The highest BCUT2D eigenvalue weighted by molar-refractivity contribution is 5.37. The number of hydrogen-bond donors (Lipinski definition) is 2.